The zero-order valence-corrected chi connectivity index (χ0v) is 15.3. The van der Waals surface area contributed by atoms with Crippen molar-refractivity contribution >= 4 is 10.1 Å². The number of aryl methyl sites for hydroxylation is 1. The molecule has 0 aliphatic carbocycles. The summed E-state index contributed by atoms with van der Waals surface area (Å²) in [5.41, 5.74) is 0.956. The Morgan fingerprint density at radius 2 is 1.08 bits per heavy atom. The third kappa shape index (κ3) is 5.49. The third-order valence-corrected chi connectivity index (χ3v) is 4.78. The topological polar surface area (TPSA) is 135 Å². The maximum atomic E-state index is 10.5. The molecule has 5 N–H and O–H groups in total. The Kier molecular flexibility index (Phi) is 8.46. The molecular weight excluding hydrogens is 338 g/mol. The molecule has 0 radical (unpaired) electrons. The molecule has 8 nitrogen and oxygen atoms in total. The van der Waals surface area contributed by atoms with Gasteiger partial charge in [0.25, 0.3) is 10.1 Å². The van der Waals surface area contributed by atoms with Gasteiger partial charge in [0.15, 0.2) is 24.9 Å². The number of quaternary nitrogens is 1. The minimum atomic E-state index is -4.02. The molecule has 0 aliphatic heterocycles. The van der Waals surface area contributed by atoms with Gasteiger partial charge in [-0.15, -0.1) is 0 Å². The zero-order chi connectivity index (χ0) is 19.3. The van der Waals surface area contributed by atoms with E-state index in [0.29, 0.717) is 0 Å². The van der Waals surface area contributed by atoms with E-state index in [9.17, 15) is 28.8 Å². The molecule has 140 valence electrons. The van der Waals surface area contributed by atoms with Crippen LogP contribution in [0.2, 0.25) is 0 Å². The second-order valence-electron chi connectivity index (χ2n) is 5.71. The normalized spacial score (nSPS) is 19.2. The molecule has 4 unspecified atom stereocenters. The van der Waals surface area contributed by atoms with E-state index in [1.807, 2.05) is 6.92 Å². The molecule has 0 bridgehead atoms. The van der Waals surface area contributed by atoms with Gasteiger partial charge in [-0.05, 0) is 19.1 Å². The fourth-order valence-corrected chi connectivity index (χ4v) is 3.06. The van der Waals surface area contributed by atoms with E-state index in [1.54, 1.807) is 12.1 Å². The van der Waals surface area contributed by atoms with Crippen LogP contribution in [0.3, 0.4) is 0 Å². The van der Waals surface area contributed by atoms with Crippen molar-refractivity contribution in [3.05, 3.63) is 29.8 Å². The second-order valence-corrected chi connectivity index (χ2v) is 7.13. The molecule has 0 aromatic heterocycles. The van der Waals surface area contributed by atoms with Gasteiger partial charge in [0, 0.05) is 27.7 Å². The first kappa shape index (κ1) is 22.9. The van der Waals surface area contributed by atoms with Crippen LogP contribution in [-0.2, 0) is 10.1 Å². The van der Waals surface area contributed by atoms with Gasteiger partial charge in [-0.1, -0.05) is 17.7 Å². The number of nitrogens with zero attached hydrogens (tertiary/aromatic N) is 1. The van der Waals surface area contributed by atoms with Crippen molar-refractivity contribution in [1.29, 1.82) is 0 Å². The van der Waals surface area contributed by atoms with Gasteiger partial charge in [-0.2, -0.15) is 8.42 Å². The van der Waals surface area contributed by atoms with E-state index in [4.69, 9.17) is 4.55 Å². The minimum Gasteiger partial charge on any atom is -0.345 e. The van der Waals surface area contributed by atoms with Crippen LogP contribution in [0.4, 0.5) is 0 Å². The van der Waals surface area contributed by atoms with Gasteiger partial charge < -0.3 is 20.4 Å². The summed E-state index contributed by atoms with van der Waals surface area (Å²) in [4.78, 5) is -0.0666. The molecule has 0 spiro atoms. The van der Waals surface area contributed by atoms with Crippen LogP contribution in [-0.4, -0.2) is 62.8 Å². The van der Waals surface area contributed by atoms with Crippen molar-refractivity contribution in [2.24, 2.45) is 0 Å². The average molecular weight is 366 g/mol. The molecular formula is C15H28NO7S+. The molecule has 1 aromatic rings. The first-order chi connectivity index (χ1) is 10.8. The Balaban J connectivity index is 0.000000446. The molecule has 24 heavy (non-hydrogen) atoms. The highest BCUT2D eigenvalue weighted by atomic mass is 32.2. The Morgan fingerprint density at radius 3 is 1.25 bits per heavy atom. The van der Waals surface area contributed by atoms with Gasteiger partial charge in [0.05, 0.1) is 4.90 Å². The number of benzene rings is 1. The Bertz CT molecular complexity index is 557. The lowest BCUT2D eigenvalue weighted by Gasteiger charge is -2.46. The number of hydrogen-bond acceptors (Lipinski definition) is 6. The van der Waals surface area contributed by atoms with Gasteiger partial charge in [-0.25, -0.2) is 4.48 Å². The van der Waals surface area contributed by atoms with Gasteiger partial charge in [-0.3, -0.25) is 4.55 Å². The standard InChI is InChI=1S/C8H20NO4.C7H8O3S/c1-5(10)9(6(2)11,7(3)12)8(4)13;1-6-2-4-7(5-3-6)11(8,9)10/h5-8,10-13H,1-4H3;2-5H,1H3,(H,8,9,10)/q+1;. The fraction of sp³-hybridized carbons (Fsp3) is 0.600. The second kappa shape index (κ2) is 8.86. The van der Waals surface area contributed by atoms with Gasteiger partial charge in [0.2, 0.25) is 0 Å². The monoisotopic (exact) mass is 366 g/mol. The Labute approximate surface area is 142 Å². The van der Waals surface area contributed by atoms with Crippen molar-refractivity contribution in [1.82, 2.24) is 0 Å². The Morgan fingerprint density at radius 1 is 0.792 bits per heavy atom. The van der Waals surface area contributed by atoms with Crippen LogP contribution < -0.4 is 0 Å². The molecule has 9 heteroatoms. The molecule has 0 saturated carbocycles. The van der Waals surface area contributed by atoms with Crippen LogP contribution in [0.25, 0.3) is 0 Å². The lowest BCUT2D eigenvalue weighted by atomic mass is 10.2. The van der Waals surface area contributed by atoms with Crippen LogP contribution in [0.15, 0.2) is 29.2 Å². The molecule has 0 heterocycles. The zero-order valence-electron chi connectivity index (χ0n) is 14.5. The highest BCUT2D eigenvalue weighted by Crippen LogP contribution is 2.24. The summed E-state index contributed by atoms with van der Waals surface area (Å²) >= 11 is 0. The van der Waals surface area contributed by atoms with E-state index in [-0.39, 0.29) is 4.90 Å². The summed E-state index contributed by atoms with van der Waals surface area (Å²) in [5.74, 6) is 0. The smallest absolute Gasteiger partial charge is 0.294 e. The van der Waals surface area contributed by atoms with Crippen LogP contribution in [0.5, 0.6) is 0 Å². The van der Waals surface area contributed by atoms with Crippen molar-refractivity contribution in [3.63, 3.8) is 0 Å². The van der Waals surface area contributed by atoms with Gasteiger partial charge in [0.1, 0.15) is 0 Å². The van der Waals surface area contributed by atoms with Crippen molar-refractivity contribution in [2.75, 3.05) is 0 Å². The maximum absolute atomic E-state index is 10.5. The highest BCUT2D eigenvalue weighted by Gasteiger charge is 2.46. The lowest BCUT2D eigenvalue weighted by molar-refractivity contribution is -1.07. The van der Waals surface area contributed by atoms with Crippen molar-refractivity contribution < 1.29 is 37.9 Å². The summed E-state index contributed by atoms with van der Waals surface area (Å²) in [6, 6.07) is 5.99. The third-order valence-electron chi connectivity index (χ3n) is 3.91. The van der Waals surface area contributed by atoms with Crippen molar-refractivity contribution in [2.45, 2.75) is 64.4 Å². The SMILES string of the molecule is CC(O)[N+](C(C)O)(C(C)O)C(C)O.Cc1ccc(S(=O)(=O)O)cc1. The van der Waals surface area contributed by atoms with Gasteiger partial charge >= 0.3 is 0 Å². The number of rotatable bonds is 5. The summed E-state index contributed by atoms with van der Waals surface area (Å²) in [7, 11) is -4.02. The molecule has 0 saturated heterocycles. The van der Waals surface area contributed by atoms with E-state index in [2.05, 4.69) is 0 Å². The summed E-state index contributed by atoms with van der Waals surface area (Å²) < 4.78 is 29.0. The number of hydrogen-bond donors (Lipinski definition) is 5. The van der Waals surface area contributed by atoms with E-state index < -0.39 is 39.5 Å². The van der Waals surface area contributed by atoms with E-state index >= 15 is 0 Å². The molecule has 0 fully saturated rings. The molecule has 1 rings (SSSR count). The first-order valence-corrected chi connectivity index (χ1v) is 8.86. The average Bonchev–Trinajstić information content (AvgIpc) is 2.37. The Hall–Kier alpha value is -1.07. The predicted molar refractivity (Wildman–Crippen MR) is 88.0 cm³/mol. The lowest BCUT2D eigenvalue weighted by Crippen LogP contribution is -2.68. The van der Waals surface area contributed by atoms with Crippen molar-refractivity contribution in [3.8, 4) is 0 Å². The van der Waals surface area contributed by atoms with Crippen LogP contribution in [0, 0.1) is 6.92 Å². The highest BCUT2D eigenvalue weighted by molar-refractivity contribution is 7.85. The first-order valence-electron chi connectivity index (χ1n) is 7.42. The quantitative estimate of drug-likeness (QED) is 0.289. The fourth-order valence-electron chi connectivity index (χ4n) is 2.58. The molecule has 1 aromatic carbocycles. The number of aliphatic hydroxyl groups excluding tert-OH is 4. The predicted octanol–water partition coefficient (Wildman–Crippen LogP) is 0.398. The summed E-state index contributed by atoms with van der Waals surface area (Å²) in [6.07, 6.45) is -4.17. The summed E-state index contributed by atoms with van der Waals surface area (Å²) in [5, 5.41) is 37.9. The minimum absolute atomic E-state index is 0.0666. The van der Waals surface area contributed by atoms with E-state index in [1.165, 1.54) is 39.8 Å². The molecule has 0 aliphatic rings. The maximum Gasteiger partial charge on any atom is 0.294 e. The van der Waals surface area contributed by atoms with Crippen LogP contribution >= 0.6 is 0 Å². The molecule has 4 atom stereocenters. The van der Waals surface area contributed by atoms with Crippen LogP contribution in [0.1, 0.15) is 33.3 Å². The number of aliphatic hydroxyl groups is 4. The summed E-state index contributed by atoms with van der Waals surface area (Å²) in [6.45, 7) is 7.53. The van der Waals surface area contributed by atoms with E-state index in [0.717, 1.165) is 5.56 Å². The molecule has 0 amide bonds. The largest absolute Gasteiger partial charge is 0.345 e.